The van der Waals surface area contributed by atoms with E-state index in [0.717, 1.165) is 97.9 Å². The zero-order valence-electron chi connectivity index (χ0n) is 47.9. The third-order valence-electron chi connectivity index (χ3n) is 11.7. The smallest absolute Gasteiger partial charge is 0.481 e. The number of hydrogen-bond acceptors (Lipinski definition) is 17. The van der Waals surface area contributed by atoms with Crippen LogP contribution in [-0.2, 0) is 14.2 Å². The highest BCUT2D eigenvalue weighted by Crippen LogP contribution is 2.33. The molecule has 2 saturated heterocycles. The molecule has 28 heteroatoms. The van der Waals surface area contributed by atoms with Crippen LogP contribution in [0.1, 0.15) is 110 Å². The van der Waals surface area contributed by atoms with Gasteiger partial charge in [0.15, 0.2) is 0 Å². The molecular formula is C57H67F7N8O11S2. The van der Waals surface area contributed by atoms with Gasteiger partial charge in [-0.05, 0) is 148 Å². The summed E-state index contributed by atoms with van der Waals surface area (Å²) in [7, 11) is 0. The fourth-order valence-electron chi connectivity index (χ4n) is 7.72. The molecule has 19 nitrogen and oxygen atoms in total. The second-order valence-corrected chi connectivity index (χ2v) is 23.5. The first kappa shape index (κ1) is 67.6. The van der Waals surface area contributed by atoms with Gasteiger partial charge in [-0.15, -0.1) is 4.39 Å². The fourth-order valence-corrected chi connectivity index (χ4v) is 8.84. The average Bonchev–Trinajstić information content (AvgIpc) is 1.55. The molecule has 0 spiro atoms. The van der Waals surface area contributed by atoms with Crippen molar-refractivity contribution in [2.24, 2.45) is 11.8 Å². The molecule has 2 aliphatic rings. The van der Waals surface area contributed by atoms with E-state index >= 15 is 0 Å². The SMILES string of the molecule is CC(C)(C)OC(=O)F.CC(C)(C)OC(=O)N1CCC(COc2sncc2N)CC1.CC(C)(C)OC(=O)N1CCC(COc2sncc2NC(=O)c2ccc(F)c(-c3c(F)cccc3F)n2)CC1.O=C(O)c1ccc(F)c(-c2c(F)cccc2F)n1.[2HH]. The molecular weight excluding hydrogens is 1170 g/mol. The summed E-state index contributed by atoms with van der Waals surface area (Å²) in [5, 5.41) is 12.4. The number of aromatic carboxylic acids is 1. The summed E-state index contributed by atoms with van der Waals surface area (Å²) in [5.41, 5.74) is 1.57. The highest BCUT2D eigenvalue weighted by atomic mass is 32.1. The lowest BCUT2D eigenvalue weighted by Gasteiger charge is -2.33. The Morgan fingerprint density at radius 3 is 1.35 bits per heavy atom. The topological polar surface area (TPSA) is 248 Å². The molecule has 4 aromatic heterocycles. The lowest BCUT2D eigenvalue weighted by Crippen LogP contribution is -2.42. The van der Waals surface area contributed by atoms with Crippen molar-refractivity contribution in [2.75, 3.05) is 50.4 Å². The van der Waals surface area contributed by atoms with E-state index in [2.05, 4.69) is 28.8 Å². The molecule has 0 unspecified atom stereocenters. The Balaban J connectivity index is 0.000000278. The number of rotatable bonds is 11. The maximum absolute atomic E-state index is 14.4. The number of likely N-dealkylation sites (tertiary alicyclic amines) is 2. The summed E-state index contributed by atoms with van der Waals surface area (Å²) in [4.78, 5) is 68.0. The summed E-state index contributed by atoms with van der Waals surface area (Å²) >= 11 is 2.31. The number of nitrogens with two attached hydrogens (primary N) is 1. The van der Waals surface area contributed by atoms with Crippen LogP contribution in [0.25, 0.3) is 22.5 Å². The van der Waals surface area contributed by atoms with Crippen LogP contribution in [0.4, 0.5) is 56.5 Å². The summed E-state index contributed by atoms with van der Waals surface area (Å²) in [5.74, 6) is -7.48. The number of piperidine rings is 2. The van der Waals surface area contributed by atoms with Gasteiger partial charge < -0.3 is 49.6 Å². The van der Waals surface area contributed by atoms with Crippen LogP contribution in [0.15, 0.2) is 73.1 Å². The van der Waals surface area contributed by atoms with Gasteiger partial charge in [-0.1, -0.05) is 12.1 Å². The van der Waals surface area contributed by atoms with E-state index < -0.39 is 98.0 Å². The fraction of sp³-hybridized carbons (Fsp3) is 0.421. The Morgan fingerprint density at radius 2 is 0.976 bits per heavy atom. The van der Waals surface area contributed by atoms with Gasteiger partial charge in [-0.3, -0.25) is 4.79 Å². The Morgan fingerprint density at radius 1 is 0.588 bits per heavy atom. The predicted octanol–water partition coefficient (Wildman–Crippen LogP) is 13.7. The van der Waals surface area contributed by atoms with E-state index in [0.29, 0.717) is 61.1 Å². The van der Waals surface area contributed by atoms with E-state index in [1.807, 2.05) is 41.5 Å². The zero-order chi connectivity index (χ0) is 63.0. The predicted molar refractivity (Wildman–Crippen MR) is 304 cm³/mol. The van der Waals surface area contributed by atoms with Gasteiger partial charge >= 0.3 is 24.4 Å². The number of carboxylic acids is 1. The van der Waals surface area contributed by atoms with Crippen LogP contribution >= 0.6 is 23.1 Å². The van der Waals surface area contributed by atoms with E-state index in [9.17, 15) is 54.7 Å². The molecule has 462 valence electrons. The number of carbonyl (C=O) groups is 5. The van der Waals surface area contributed by atoms with Crippen molar-refractivity contribution in [1.82, 2.24) is 28.5 Å². The molecule has 2 aliphatic heterocycles. The number of ether oxygens (including phenoxy) is 5. The van der Waals surface area contributed by atoms with Gasteiger partial charge in [0, 0.05) is 50.7 Å². The van der Waals surface area contributed by atoms with Gasteiger partial charge in [0.1, 0.15) is 85.9 Å². The van der Waals surface area contributed by atoms with Crippen molar-refractivity contribution >= 4 is 64.7 Å². The van der Waals surface area contributed by atoms with Crippen LogP contribution in [0, 0.1) is 46.7 Å². The molecule has 0 radical (unpaired) electrons. The van der Waals surface area contributed by atoms with Crippen LogP contribution < -0.4 is 20.5 Å². The Hall–Kier alpha value is -8.14. The number of carbonyl (C=O) groups excluding carboxylic acids is 4. The second-order valence-electron chi connectivity index (χ2n) is 22.0. The number of carboxylic acid groups (broad SMARTS) is 1. The van der Waals surface area contributed by atoms with E-state index in [4.69, 9.17) is 29.8 Å². The van der Waals surface area contributed by atoms with Gasteiger partial charge in [-0.25, -0.2) is 55.5 Å². The Labute approximate surface area is 495 Å². The molecule has 8 rings (SSSR count). The normalized spacial score (nSPS) is 13.8. The number of anilines is 2. The first-order valence-electron chi connectivity index (χ1n) is 26.3. The Bertz CT molecular complexity index is 3230. The highest BCUT2D eigenvalue weighted by molar-refractivity contribution is 7.08. The van der Waals surface area contributed by atoms with Crippen molar-refractivity contribution < 1.29 is 84.9 Å². The molecule has 2 aromatic carbocycles. The third-order valence-corrected chi connectivity index (χ3v) is 13.2. The van der Waals surface area contributed by atoms with Crippen molar-refractivity contribution in [3.05, 3.63) is 119 Å². The highest BCUT2D eigenvalue weighted by Gasteiger charge is 2.30. The number of amides is 3. The largest absolute Gasteiger partial charge is 0.495 e. The number of hydrogen-bond donors (Lipinski definition) is 3. The van der Waals surface area contributed by atoms with Gasteiger partial charge in [0.2, 0.25) is 10.1 Å². The summed E-state index contributed by atoms with van der Waals surface area (Å²) in [6, 6.07) is 9.87. The molecule has 3 amide bonds. The van der Waals surface area contributed by atoms with Crippen molar-refractivity contribution in [3.63, 3.8) is 0 Å². The molecule has 6 heterocycles. The van der Waals surface area contributed by atoms with E-state index in [1.54, 1.807) is 36.8 Å². The average molecular weight is 1240 g/mol. The second kappa shape index (κ2) is 30.1. The molecule has 85 heavy (non-hydrogen) atoms. The van der Waals surface area contributed by atoms with E-state index in [1.165, 1.54) is 17.7 Å². The van der Waals surface area contributed by atoms with Gasteiger partial charge in [-0.2, -0.15) is 8.75 Å². The number of nitrogen functional groups attached to an aromatic ring is 1. The lowest BCUT2D eigenvalue weighted by molar-refractivity contribution is 0.0156. The minimum absolute atomic E-state index is 0. The standard InChI is InChI=1S/C26H27F3N4O4S.C14H23N3O3S.C12H6F3NO2.C5H9FO2.H2/c1-26(2,3)37-25(35)33-11-9-15(10-12-33)14-36-24-20(13-30-38-24)32-23(34)19-8-7-18(29)22(31-19)21-16(27)5-4-6-17(21)28;1-14(2,3)20-13(18)17-6-4-10(5-7-17)9-19-12-11(15)8-16-21-12;13-6-2-1-3-7(14)10(6)11-8(15)4-5-9(16-11)12(17)18;1-5(2,3)8-4(6)7;/h4-8,13,15H,9-12,14H2,1-3H3,(H,32,34);8,10H,4-7,9,15H2,1-3H3;1-5H,(H,17,18);1-3H3;1H/i;;;;1+1. The van der Waals surface area contributed by atoms with Gasteiger partial charge in [0.05, 0.1) is 36.7 Å². The van der Waals surface area contributed by atoms with Crippen LogP contribution in [0.5, 0.6) is 10.1 Å². The maximum Gasteiger partial charge on any atom is 0.495 e. The number of halogens is 7. The van der Waals surface area contributed by atoms with Crippen molar-refractivity contribution in [2.45, 2.75) is 105 Å². The monoisotopic (exact) mass is 1240 g/mol. The van der Waals surface area contributed by atoms with Gasteiger partial charge in [0.25, 0.3) is 5.91 Å². The molecule has 0 atom stereocenters. The first-order chi connectivity index (χ1) is 39.8. The Kier molecular flexibility index (Phi) is 23.9. The minimum atomic E-state index is -1.72. The molecule has 4 N–H and O–H groups in total. The first-order valence-corrected chi connectivity index (χ1v) is 27.8. The quantitative estimate of drug-likeness (QED) is 0.0620. The molecule has 0 aliphatic carbocycles. The van der Waals surface area contributed by atoms with Crippen LogP contribution in [0.2, 0.25) is 0 Å². The van der Waals surface area contributed by atoms with Crippen molar-refractivity contribution in [1.29, 1.82) is 0 Å². The zero-order valence-corrected chi connectivity index (χ0v) is 49.5. The number of benzene rings is 2. The van der Waals surface area contributed by atoms with Crippen LogP contribution in [0.3, 0.4) is 0 Å². The number of nitrogens with one attached hydrogen (secondary N) is 1. The van der Waals surface area contributed by atoms with E-state index in [-0.39, 0.29) is 30.9 Å². The number of aromatic nitrogens is 4. The third kappa shape index (κ3) is 21.5. The molecule has 0 bridgehead atoms. The van der Waals surface area contributed by atoms with Crippen molar-refractivity contribution in [3.8, 4) is 32.6 Å². The minimum Gasteiger partial charge on any atom is -0.481 e. The molecule has 6 aromatic rings. The molecule has 2 fully saturated rings. The number of pyridine rings is 2. The number of nitrogens with zero attached hydrogens (tertiary/aromatic N) is 6. The molecule has 0 saturated carbocycles. The summed E-state index contributed by atoms with van der Waals surface area (Å²) in [6.07, 6.45) is 4.01. The van der Waals surface area contributed by atoms with Crippen LogP contribution in [-0.4, -0.2) is 120 Å². The summed E-state index contributed by atoms with van der Waals surface area (Å²) < 4.78 is 129. The lowest BCUT2D eigenvalue weighted by atomic mass is 9.98. The maximum atomic E-state index is 14.4. The summed E-state index contributed by atoms with van der Waals surface area (Å²) in [6.45, 7) is 19.4.